The van der Waals surface area contributed by atoms with Crippen LogP contribution in [0.3, 0.4) is 0 Å². The molecule has 1 rings (SSSR count). The molecular formula is C8H11N5O4S. The molecule has 4 N–H and O–H groups in total. The van der Waals surface area contributed by atoms with Gasteiger partial charge in [-0.05, 0) is 6.92 Å². The molecule has 0 radical (unpaired) electrons. The summed E-state index contributed by atoms with van der Waals surface area (Å²) in [5, 5.41) is 23.4. The molecule has 18 heavy (non-hydrogen) atoms. The Morgan fingerprint density at radius 3 is 2.50 bits per heavy atom. The number of carbonyl (C=O) groups is 3. The minimum atomic E-state index is -1.16. The number of amides is 3. The molecule has 98 valence electrons. The first-order valence-electron chi connectivity index (χ1n) is 4.81. The molecule has 0 spiro atoms. The largest absolute Gasteiger partial charge is 0.480 e. The number of aryl methyl sites for hydroxylation is 1. The lowest BCUT2D eigenvalue weighted by molar-refractivity contribution is -0.137. The number of rotatable bonds is 5. The van der Waals surface area contributed by atoms with Crippen LogP contribution in [-0.2, 0) is 9.59 Å². The molecule has 3 amide bonds. The van der Waals surface area contributed by atoms with Gasteiger partial charge in [0.1, 0.15) is 11.6 Å². The van der Waals surface area contributed by atoms with Gasteiger partial charge < -0.3 is 15.7 Å². The van der Waals surface area contributed by atoms with Crippen molar-refractivity contribution < 1.29 is 19.5 Å². The number of carboxylic acids is 1. The minimum Gasteiger partial charge on any atom is -0.480 e. The Labute approximate surface area is 106 Å². The number of carbonyl (C=O) groups excluding carboxylic acids is 2. The highest BCUT2D eigenvalue weighted by Gasteiger charge is 2.08. The van der Waals surface area contributed by atoms with E-state index in [1.54, 1.807) is 6.92 Å². The van der Waals surface area contributed by atoms with Crippen molar-refractivity contribution in [2.75, 3.05) is 18.4 Å². The molecule has 10 heteroatoms. The van der Waals surface area contributed by atoms with Gasteiger partial charge in [0.05, 0.1) is 6.54 Å². The number of hydrogen-bond donors (Lipinski definition) is 4. The van der Waals surface area contributed by atoms with Crippen LogP contribution in [0.1, 0.15) is 5.01 Å². The summed E-state index contributed by atoms with van der Waals surface area (Å²) >= 11 is 1.19. The number of urea groups is 1. The molecule has 0 aliphatic rings. The van der Waals surface area contributed by atoms with Gasteiger partial charge in [-0.25, -0.2) is 4.79 Å². The molecule has 0 saturated carbocycles. The van der Waals surface area contributed by atoms with Crippen LogP contribution in [0.4, 0.5) is 9.93 Å². The molecule has 0 aliphatic heterocycles. The van der Waals surface area contributed by atoms with E-state index in [1.165, 1.54) is 11.3 Å². The summed E-state index contributed by atoms with van der Waals surface area (Å²) in [6, 6.07) is -0.614. The fourth-order valence-electron chi connectivity index (χ4n) is 0.886. The lowest BCUT2D eigenvalue weighted by atomic mass is 10.5. The van der Waals surface area contributed by atoms with Crippen LogP contribution in [0.5, 0.6) is 0 Å². The zero-order chi connectivity index (χ0) is 13.5. The van der Waals surface area contributed by atoms with E-state index in [1.807, 2.05) is 0 Å². The Bertz CT molecular complexity index is 460. The number of nitrogens with one attached hydrogen (secondary N) is 3. The number of hydrogen-bond acceptors (Lipinski definition) is 6. The first kappa shape index (κ1) is 13.8. The third-order valence-electron chi connectivity index (χ3n) is 1.59. The first-order chi connectivity index (χ1) is 8.47. The zero-order valence-electron chi connectivity index (χ0n) is 9.39. The predicted octanol–water partition coefficient (Wildman–Crippen LogP) is -0.831. The van der Waals surface area contributed by atoms with Gasteiger partial charge >= 0.3 is 12.0 Å². The molecule has 1 heterocycles. The maximum absolute atomic E-state index is 11.3. The Morgan fingerprint density at radius 1 is 1.22 bits per heavy atom. The quantitative estimate of drug-likeness (QED) is 0.553. The van der Waals surface area contributed by atoms with Gasteiger partial charge in [0, 0.05) is 0 Å². The number of nitrogens with zero attached hydrogens (tertiary/aromatic N) is 2. The molecule has 1 aromatic heterocycles. The van der Waals surface area contributed by atoms with Crippen molar-refractivity contribution in [3.05, 3.63) is 5.01 Å². The molecule has 0 atom stereocenters. The number of aliphatic carboxylic acids is 1. The van der Waals surface area contributed by atoms with Gasteiger partial charge in [0.2, 0.25) is 11.0 Å². The van der Waals surface area contributed by atoms with Crippen molar-refractivity contribution in [1.82, 2.24) is 20.8 Å². The normalized spacial score (nSPS) is 9.61. The Kier molecular flexibility index (Phi) is 4.99. The number of anilines is 1. The van der Waals surface area contributed by atoms with Crippen LogP contribution in [0, 0.1) is 6.92 Å². The van der Waals surface area contributed by atoms with Crippen LogP contribution in [-0.4, -0.2) is 46.3 Å². The molecule has 0 bridgehead atoms. The molecule has 0 unspecified atom stereocenters. The van der Waals surface area contributed by atoms with Crippen molar-refractivity contribution >= 4 is 34.4 Å². The summed E-state index contributed by atoms with van der Waals surface area (Å²) < 4.78 is 0. The van der Waals surface area contributed by atoms with E-state index < -0.39 is 24.5 Å². The summed E-state index contributed by atoms with van der Waals surface area (Å²) in [6.45, 7) is 0.925. The fourth-order valence-corrected chi connectivity index (χ4v) is 1.47. The summed E-state index contributed by atoms with van der Waals surface area (Å²) in [5.41, 5.74) is 0. The summed E-state index contributed by atoms with van der Waals surface area (Å²) in [5.74, 6) is -1.75. The van der Waals surface area contributed by atoms with E-state index in [-0.39, 0.29) is 6.54 Å². The first-order valence-corrected chi connectivity index (χ1v) is 5.62. The van der Waals surface area contributed by atoms with Crippen molar-refractivity contribution in [3.8, 4) is 0 Å². The topological polar surface area (TPSA) is 133 Å². The average molecular weight is 273 g/mol. The van der Waals surface area contributed by atoms with Gasteiger partial charge in [-0.1, -0.05) is 11.3 Å². The molecule has 0 saturated heterocycles. The average Bonchev–Trinajstić information content (AvgIpc) is 2.69. The van der Waals surface area contributed by atoms with Gasteiger partial charge in [-0.15, -0.1) is 10.2 Å². The maximum Gasteiger partial charge on any atom is 0.322 e. The summed E-state index contributed by atoms with van der Waals surface area (Å²) in [6.07, 6.45) is 0. The predicted molar refractivity (Wildman–Crippen MR) is 62.3 cm³/mol. The van der Waals surface area contributed by atoms with Gasteiger partial charge in [-0.3, -0.25) is 14.9 Å². The fraction of sp³-hybridized carbons (Fsp3) is 0.375. The minimum absolute atomic E-state index is 0.316. The summed E-state index contributed by atoms with van der Waals surface area (Å²) in [7, 11) is 0. The lowest BCUT2D eigenvalue weighted by Gasteiger charge is -2.04. The molecule has 0 aromatic carbocycles. The van der Waals surface area contributed by atoms with E-state index in [9.17, 15) is 14.4 Å². The van der Waals surface area contributed by atoms with Crippen LogP contribution in [0.25, 0.3) is 0 Å². The molecular weight excluding hydrogens is 262 g/mol. The zero-order valence-corrected chi connectivity index (χ0v) is 10.2. The van der Waals surface area contributed by atoms with E-state index in [2.05, 4.69) is 26.1 Å². The molecule has 1 aromatic rings. The highest BCUT2D eigenvalue weighted by atomic mass is 32.1. The van der Waals surface area contributed by atoms with E-state index in [0.717, 1.165) is 0 Å². The Hall–Kier alpha value is -2.23. The standard InChI is InChI=1S/C8H11N5O4S/c1-4-12-13-8(18-4)11-7(17)10-2-5(14)9-3-6(15)16/h2-3H2,1H3,(H,9,14)(H,15,16)(H2,10,11,13,17). The van der Waals surface area contributed by atoms with E-state index in [4.69, 9.17) is 5.11 Å². The third-order valence-corrected chi connectivity index (χ3v) is 2.35. The summed E-state index contributed by atoms with van der Waals surface area (Å²) in [4.78, 5) is 32.5. The lowest BCUT2D eigenvalue weighted by Crippen LogP contribution is -2.40. The maximum atomic E-state index is 11.3. The number of aromatic nitrogens is 2. The Morgan fingerprint density at radius 2 is 1.94 bits per heavy atom. The second-order valence-electron chi connectivity index (χ2n) is 3.10. The molecule has 0 aliphatic carbocycles. The SMILES string of the molecule is Cc1nnc(NC(=O)NCC(=O)NCC(=O)O)s1. The molecule has 0 fully saturated rings. The monoisotopic (exact) mass is 273 g/mol. The highest BCUT2D eigenvalue weighted by Crippen LogP contribution is 2.12. The van der Waals surface area contributed by atoms with Crippen molar-refractivity contribution in [2.24, 2.45) is 0 Å². The Balaban J connectivity index is 2.24. The highest BCUT2D eigenvalue weighted by molar-refractivity contribution is 7.15. The van der Waals surface area contributed by atoms with Crippen LogP contribution in [0.15, 0.2) is 0 Å². The van der Waals surface area contributed by atoms with Gasteiger partial charge in [0.25, 0.3) is 0 Å². The van der Waals surface area contributed by atoms with Crippen LogP contribution < -0.4 is 16.0 Å². The van der Waals surface area contributed by atoms with Gasteiger partial charge in [0.15, 0.2) is 0 Å². The van der Waals surface area contributed by atoms with Gasteiger partial charge in [-0.2, -0.15) is 0 Å². The number of carboxylic acid groups (broad SMARTS) is 1. The van der Waals surface area contributed by atoms with Crippen LogP contribution >= 0.6 is 11.3 Å². The van der Waals surface area contributed by atoms with E-state index >= 15 is 0 Å². The van der Waals surface area contributed by atoms with Crippen molar-refractivity contribution in [3.63, 3.8) is 0 Å². The smallest absolute Gasteiger partial charge is 0.322 e. The van der Waals surface area contributed by atoms with Crippen molar-refractivity contribution in [1.29, 1.82) is 0 Å². The second-order valence-corrected chi connectivity index (χ2v) is 4.29. The van der Waals surface area contributed by atoms with Crippen molar-refractivity contribution in [2.45, 2.75) is 6.92 Å². The third kappa shape index (κ3) is 5.21. The van der Waals surface area contributed by atoms with Crippen LogP contribution in [0.2, 0.25) is 0 Å². The second kappa shape index (κ2) is 6.49. The molecule has 9 nitrogen and oxygen atoms in total. The van der Waals surface area contributed by atoms with E-state index in [0.29, 0.717) is 10.1 Å².